The molecule has 1 rings (SSSR count). The van der Waals surface area contributed by atoms with Crippen molar-refractivity contribution in [3.05, 3.63) is 46.0 Å². The van der Waals surface area contributed by atoms with E-state index in [2.05, 4.69) is 12.2 Å². The fraction of sp³-hybridized carbons (Fsp3) is 0.438. The zero-order chi connectivity index (χ0) is 15.7. The maximum Gasteiger partial charge on any atom is 0.269 e. The van der Waals surface area contributed by atoms with Gasteiger partial charge >= 0.3 is 0 Å². The molecule has 1 unspecified atom stereocenters. The summed E-state index contributed by atoms with van der Waals surface area (Å²) in [5.74, 6) is -0.141. The smallest absolute Gasteiger partial charge is 0.269 e. The van der Waals surface area contributed by atoms with Gasteiger partial charge in [-0.1, -0.05) is 26.2 Å². The van der Waals surface area contributed by atoms with E-state index in [9.17, 15) is 14.9 Å². The van der Waals surface area contributed by atoms with Crippen LogP contribution in [0.4, 0.5) is 5.69 Å². The van der Waals surface area contributed by atoms with Gasteiger partial charge in [0.15, 0.2) is 0 Å². The molecular weight excluding hydrogens is 268 g/mol. The molecule has 114 valence electrons. The van der Waals surface area contributed by atoms with Crippen LogP contribution in [0, 0.1) is 10.1 Å². The Bertz CT molecular complexity index is 495. The lowest BCUT2D eigenvalue weighted by molar-refractivity contribution is -0.384. The van der Waals surface area contributed by atoms with Crippen molar-refractivity contribution < 1.29 is 9.72 Å². The number of nitrogens with zero attached hydrogens (tertiary/aromatic N) is 1. The standard InChI is InChI=1S/C16H22N2O3/c1-3-4-5-6-13(2)17-16(19)12-9-14-7-10-15(11-8-14)18(20)21/h7-13H,3-6H2,1-2H3,(H,17,19)/b12-9+. The SMILES string of the molecule is CCCCCC(C)NC(=O)/C=C/c1ccc([N+](=O)[O-])cc1. The summed E-state index contributed by atoms with van der Waals surface area (Å²) in [5, 5.41) is 13.4. The Kier molecular flexibility index (Phi) is 7.15. The number of nitrogens with one attached hydrogen (secondary N) is 1. The van der Waals surface area contributed by atoms with Crippen molar-refractivity contribution in [1.29, 1.82) is 0 Å². The van der Waals surface area contributed by atoms with Gasteiger partial charge in [0.05, 0.1) is 4.92 Å². The van der Waals surface area contributed by atoms with Gasteiger partial charge in [-0.05, 0) is 37.1 Å². The molecule has 0 aliphatic carbocycles. The monoisotopic (exact) mass is 290 g/mol. The minimum absolute atomic E-state index is 0.0427. The Morgan fingerprint density at radius 3 is 2.57 bits per heavy atom. The van der Waals surface area contributed by atoms with Gasteiger partial charge in [0, 0.05) is 24.3 Å². The first-order valence-electron chi connectivity index (χ1n) is 7.26. The van der Waals surface area contributed by atoms with Crippen molar-refractivity contribution in [1.82, 2.24) is 5.32 Å². The number of hydrogen-bond acceptors (Lipinski definition) is 3. The normalized spacial score (nSPS) is 12.3. The molecule has 0 saturated carbocycles. The van der Waals surface area contributed by atoms with Crippen molar-refractivity contribution >= 4 is 17.7 Å². The summed E-state index contributed by atoms with van der Waals surface area (Å²) in [6.07, 6.45) is 7.55. The lowest BCUT2D eigenvalue weighted by Crippen LogP contribution is -2.30. The number of unbranched alkanes of at least 4 members (excludes halogenated alkanes) is 2. The Morgan fingerprint density at radius 1 is 1.33 bits per heavy atom. The van der Waals surface area contributed by atoms with Crippen molar-refractivity contribution in [2.24, 2.45) is 0 Å². The van der Waals surface area contributed by atoms with Crippen LogP contribution in [0.2, 0.25) is 0 Å². The molecule has 0 aliphatic rings. The predicted octanol–water partition coefficient (Wildman–Crippen LogP) is 3.69. The summed E-state index contributed by atoms with van der Waals surface area (Å²) in [6, 6.07) is 6.24. The van der Waals surface area contributed by atoms with Crippen molar-refractivity contribution in [3.63, 3.8) is 0 Å². The molecule has 0 spiro atoms. The molecule has 0 radical (unpaired) electrons. The summed E-state index contributed by atoms with van der Waals surface area (Å²) >= 11 is 0. The van der Waals surface area contributed by atoms with Crippen LogP contribution < -0.4 is 5.32 Å². The fourth-order valence-corrected chi connectivity index (χ4v) is 1.94. The molecular formula is C16H22N2O3. The first-order valence-corrected chi connectivity index (χ1v) is 7.26. The van der Waals surface area contributed by atoms with Crippen LogP contribution in [-0.4, -0.2) is 16.9 Å². The number of carbonyl (C=O) groups excluding carboxylic acids is 1. The van der Waals surface area contributed by atoms with E-state index in [4.69, 9.17) is 0 Å². The molecule has 0 bridgehead atoms. The van der Waals surface area contributed by atoms with E-state index in [1.807, 2.05) is 6.92 Å². The van der Waals surface area contributed by atoms with E-state index < -0.39 is 4.92 Å². The largest absolute Gasteiger partial charge is 0.350 e. The number of rotatable bonds is 8. The lowest BCUT2D eigenvalue weighted by atomic mass is 10.1. The average Bonchev–Trinajstić information content (AvgIpc) is 2.46. The molecule has 0 aliphatic heterocycles. The third kappa shape index (κ3) is 6.70. The Morgan fingerprint density at radius 2 is 2.00 bits per heavy atom. The van der Waals surface area contributed by atoms with E-state index >= 15 is 0 Å². The van der Waals surface area contributed by atoms with Crippen molar-refractivity contribution in [3.8, 4) is 0 Å². The summed E-state index contributed by atoms with van der Waals surface area (Å²) < 4.78 is 0. The number of hydrogen-bond donors (Lipinski definition) is 1. The molecule has 1 atom stereocenters. The van der Waals surface area contributed by atoms with Gasteiger partial charge < -0.3 is 5.32 Å². The van der Waals surface area contributed by atoms with Gasteiger partial charge in [-0.15, -0.1) is 0 Å². The highest BCUT2D eigenvalue weighted by molar-refractivity contribution is 5.91. The van der Waals surface area contributed by atoms with Crippen LogP contribution in [0.25, 0.3) is 6.08 Å². The fourth-order valence-electron chi connectivity index (χ4n) is 1.94. The second kappa shape index (κ2) is 8.89. The van der Waals surface area contributed by atoms with Gasteiger partial charge in [0.2, 0.25) is 5.91 Å². The highest BCUT2D eigenvalue weighted by atomic mass is 16.6. The Balaban J connectivity index is 2.44. The molecule has 5 heteroatoms. The first-order chi connectivity index (χ1) is 10.0. The summed E-state index contributed by atoms with van der Waals surface area (Å²) in [5.41, 5.74) is 0.801. The zero-order valence-corrected chi connectivity index (χ0v) is 12.5. The topological polar surface area (TPSA) is 72.2 Å². The van der Waals surface area contributed by atoms with Crippen molar-refractivity contribution in [2.75, 3.05) is 0 Å². The molecule has 0 saturated heterocycles. The Hall–Kier alpha value is -2.17. The average molecular weight is 290 g/mol. The Labute approximate surface area is 125 Å². The van der Waals surface area contributed by atoms with Crippen molar-refractivity contribution in [2.45, 2.75) is 45.6 Å². The summed E-state index contributed by atoms with van der Waals surface area (Å²) in [6.45, 7) is 4.14. The van der Waals surface area contributed by atoms with E-state index in [0.29, 0.717) is 0 Å². The number of benzene rings is 1. The molecule has 0 heterocycles. The van der Waals surface area contributed by atoms with Crippen LogP contribution in [0.1, 0.15) is 45.1 Å². The highest BCUT2D eigenvalue weighted by Crippen LogP contribution is 2.12. The second-order valence-corrected chi connectivity index (χ2v) is 5.09. The predicted molar refractivity (Wildman–Crippen MR) is 83.9 cm³/mol. The molecule has 1 amide bonds. The molecule has 5 nitrogen and oxygen atoms in total. The summed E-state index contributed by atoms with van der Waals surface area (Å²) in [7, 11) is 0. The van der Waals surface area contributed by atoms with E-state index in [1.165, 1.54) is 31.1 Å². The van der Waals surface area contributed by atoms with Gasteiger partial charge in [0.1, 0.15) is 0 Å². The zero-order valence-electron chi connectivity index (χ0n) is 12.5. The minimum Gasteiger partial charge on any atom is -0.350 e. The molecule has 0 fully saturated rings. The van der Waals surface area contributed by atoms with Gasteiger partial charge in [0.25, 0.3) is 5.69 Å². The van der Waals surface area contributed by atoms with E-state index in [-0.39, 0.29) is 17.6 Å². The number of nitro groups is 1. The molecule has 1 aromatic carbocycles. The number of carbonyl (C=O) groups is 1. The van der Waals surface area contributed by atoms with Crippen LogP contribution in [0.5, 0.6) is 0 Å². The molecule has 1 N–H and O–H groups in total. The third-order valence-corrected chi connectivity index (χ3v) is 3.16. The van der Waals surface area contributed by atoms with Gasteiger partial charge in [-0.3, -0.25) is 14.9 Å². The van der Waals surface area contributed by atoms with E-state index in [1.54, 1.807) is 18.2 Å². The van der Waals surface area contributed by atoms with E-state index in [0.717, 1.165) is 18.4 Å². The van der Waals surface area contributed by atoms with Crippen LogP contribution >= 0.6 is 0 Å². The van der Waals surface area contributed by atoms with Crippen LogP contribution in [0.3, 0.4) is 0 Å². The number of nitro benzene ring substituents is 1. The molecule has 21 heavy (non-hydrogen) atoms. The maximum absolute atomic E-state index is 11.7. The first kappa shape index (κ1) is 16.9. The maximum atomic E-state index is 11.7. The molecule has 1 aromatic rings. The lowest BCUT2D eigenvalue weighted by Gasteiger charge is -2.11. The van der Waals surface area contributed by atoms with Gasteiger partial charge in [-0.25, -0.2) is 0 Å². The minimum atomic E-state index is -0.446. The quantitative estimate of drug-likeness (QED) is 0.343. The number of non-ortho nitro benzene ring substituents is 1. The second-order valence-electron chi connectivity index (χ2n) is 5.09. The number of amides is 1. The highest BCUT2D eigenvalue weighted by Gasteiger charge is 2.05. The molecule has 0 aromatic heterocycles. The van der Waals surface area contributed by atoms with Crippen LogP contribution in [-0.2, 0) is 4.79 Å². The van der Waals surface area contributed by atoms with Crippen LogP contribution in [0.15, 0.2) is 30.3 Å². The summed E-state index contributed by atoms with van der Waals surface area (Å²) in [4.78, 5) is 21.8. The van der Waals surface area contributed by atoms with Gasteiger partial charge in [-0.2, -0.15) is 0 Å². The third-order valence-electron chi connectivity index (χ3n) is 3.16.